The molecule has 3 aliphatic rings. The number of carboxylic acid groups (broad SMARTS) is 1. The zero-order chi connectivity index (χ0) is 23.2. The lowest BCUT2D eigenvalue weighted by molar-refractivity contribution is -0.919. The zero-order valence-electron chi connectivity index (χ0n) is 19.6. The van der Waals surface area contributed by atoms with Crippen LogP contribution in [-0.4, -0.2) is 52.7 Å². The highest BCUT2D eigenvalue weighted by molar-refractivity contribution is 7.10. The largest absolute Gasteiger partial charge is 0.554 e. The number of carbonyl (C=O) groups excluding carboxylic acids is 2. The Morgan fingerprint density at radius 1 is 1.21 bits per heavy atom. The van der Waals surface area contributed by atoms with Crippen LogP contribution in [0.3, 0.4) is 0 Å². The third kappa shape index (κ3) is 5.84. The normalized spacial score (nSPS) is 27.2. The topological polar surface area (TPSA) is 82.7 Å². The third-order valence-electron chi connectivity index (χ3n) is 7.68. The van der Waals surface area contributed by atoms with Crippen LogP contribution in [0, 0.1) is 5.92 Å². The van der Waals surface area contributed by atoms with E-state index in [2.05, 4.69) is 27.6 Å². The van der Waals surface area contributed by atoms with E-state index in [1.165, 1.54) is 74.9 Å². The molecule has 3 fully saturated rings. The molecule has 5 rings (SSSR count). The van der Waals surface area contributed by atoms with E-state index in [1.54, 1.807) is 4.90 Å². The zero-order valence-corrected chi connectivity index (χ0v) is 20.4. The number of quaternary nitrogens is 1. The minimum absolute atomic E-state index is 0.300. The molecule has 7 nitrogen and oxygen atoms in total. The molecule has 0 radical (unpaired) electrons. The highest BCUT2D eigenvalue weighted by Gasteiger charge is 2.36. The molecule has 0 aromatic carbocycles. The molecular formula is C25H36N4O3S. The van der Waals surface area contributed by atoms with Crippen molar-refractivity contribution < 1.29 is 19.6 Å². The summed E-state index contributed by atoms with van der Waals surface area (Å²) in [6.07, 6.45) is 14.3. The average molecular weight is 473 g/mol. The number of piperidine rings is 2. The van der Waals surface area contributed by atoms with Gasteiger partial charge in [0.2, 0.25) is 0 Å². The average Bonchev–Trinajstić information content (AvgIpc) is 3.49. The van der Waals surface area contributed by atoms with Crippen molar-refractivity contribution in [1.82, 2.24) is 14.7 Å². The first-order chi connectivity index (χ1) is 16.1. The second-order valence-electron chi connectivity index (χ2n) is 9.81. The van der Waals surface area contributed by atoms with Gasteiger partial charge >= 0.3 is 0 Å². The van der Waals surface area contributed by atoms with Crippen LogP contribution in [0.15, 0.2) is 23.8 Å². The molecule has 1 N–H and O–H groups in total. The van der Waals surface area contributed by atoms with E-state index in [9.17, 15) is 4.79 Å². The number of aryl methyl sites for hydroxylation is 1. The summed E-state index contributed by atoms with van der Waals surface area (Å²) in [6.45, 7) is 3.95. The van der Waals surface area contributed by atoms with Gasteiger partial charge in [-0.15, -0.1) is 11.3 Å². The van der Waals surface area contributed by atoms with Gasteiger partial charge in [0, 0.05) is 66.9 Å². The van der Waals surface area contributed by atoms with Crippen LogP contribution in [0.5, 0.6) is 0 Å². The highest BCUT2D eigenvalue weighted by Crippen LogP contribution is 2.37. The lowest BCUT2D eigenvalue weighted by atomic mass is 9.78. The van der Waals surface area contributed by atoms with Crippen molar-refractivity contribution in [1.29, 1.82) is 0 Å². The molecule has 2 saturated heterocycles. The summed E-state index contributed by atoms with van der Waals surface area (Å²) >= 11 is 1.82. The van der Waals surface area contributed by atoms with Gasteiger partial charge in [-0.2, -0.15) is 5.10 Å². The van der Waals surface area contributed by atoms with E-state index in [4.69, 9.17) is 9.90 Å². The Kier molecular flexibility index (Phi) is 8.20. The number of hydrogen-bond donors (Lipinski definition) is 1. The van der Waals surface area contributed by atoms with Crippen LogP contribution in [0.2, 0.25) is 0 Å². The monoisotopic (exact) mass is 472 g/mol. The molecule has 33 heavy (non-hydrogen) atoms. The molecule has 1 saturated carbocycles. The second-order valence-corrected chi connectivity index (χ2v) is 10.8. The smallest absolute Gasteiger partial charge is 0.254 e. The molecule has 2 aromatic heterocycles. The van der Waals surface area contributed by atoms with E-state index < -0.39 is 6.47 Å². The summed E-state index contributed by atoms with van der Waals surface area (Å²) in [5.41, 5.74) is 2.28. The number of amides is 1. The summed E-state index contributed by atoms with van der Waals surface area (Å²) in [6, 6.07) is 2.73. The van der Waals surface area contributed by atoms with Gasteiger partial charge < -0.3 is 19.7 Å². The van der Waals surface area contributed by atoms with Gasteiger partial charge in [0.1, 0.15) is 6.54 Å². The predicted octanol–water partition coefficient (Wildman–Crippen LogP) is 1.61. The maximum absolute atomic E-state index is 13.3. The van der Waals surface area contributed by atoms with Crippen molar-refractivity contribution in [2.24, 2.45) is 13.0 Å². The molecule has 2 atom stereocenters. The number of rotatable bonds is 4. The van der Waals surface area contributed by atoms with Crippen LogP contribution in [0.1, 0.15) is 78.1 Å². The van der Waals surface area contributed by atoms with Crippen LogP contribution >= 0.6 is 11.3 Å². The van der Waals surface area contributed by atoms with Gasteiger partial charge in [-0.25, -0.2) is 0 Å². The van der Waals surface area contributed by atoms with Crippen LogP contribution in [-0.2, 0) is 18.4 Å². The maximum atomic E-state index is 13.3. The van der Waals surface area contributed by atoms with E-state index in [-0.39, 0.29) is 0 Å². The summed E-state index contributed by atoms with van der Waals surface area (Å²) < 4.78 is 1.89. The first kappa shape index (κ1) is 24.0. The summed E-state index contributed by atoms with van der Waals surface area (Å²) in [5, 5.41) is 14.7. The summed E-state index contributed by atoms with van der Waals surface area (Å²) in [5.74, 6) is 1.67. The first-order valence-electron chi connectivity index (χ1n) is 12.3. The fourth-order valence-corrected chi connectivity index (χ4v) is 7.12. The number of thiophene rings is 1. The molecule has 1 amide bonds. The molecule has 180 valence electrons. The Bertz CT molecular complexity index is 916. The molecule has 0 spiro atoms. The Balaban J connectivity index is 0.000000821. The van der Waals surface area contributed by atoms with Crippen molar-refractivity contribution in [2.75, 3.05) is 19.6 Å². The molecule has 2 aliphatic heterocycles. The quantitative estimate of drug-likeness (QED) is 0.686. The van der Waals surface area contributed by atoms with Gasteiger partial charge in [0.25, 0.3) is 5.91 Å². The fraction of sp³-hybridized carbons (Fsp3) is 0.640. The Hall–Kier alpha value is -2.19. The number of aromatic nitrogens is 2. The van der Waals surface area contributed by atoms with Crippen molar-refractivity contribution in [2.45, 2.75) is 69.9 Å². The molecule has 2 aromatic rings. The fourth-order valence-electron chi connectivity index (χ4n) is 6.06. The molecule has 8 heteroatoms. The van der Waals surface area contributed by atoms with Crippen molar-refractivity contribution in [3.05, 3.63) is 39.8 Å². The maximum Gasteiger partial charge on any atom is 0.254 e. The van der Waals surface area contributed by atoms with Crippen LogP contribution in [0.4, 0.5) is 0 Å². The Labute approximate surface area is 200 Å². The summed E-state index contributed by atoms with van der Waals surface area (Å²) in [4.78, 5) is 26.9. The van der Waals surface area contributed by atoms with Gasteiger partial charge in [0.15, 0.2) is 0 Å². The van der Waals surface area contributed by atoms with E-state index >= 15 is 0 Å². The minimum Gasteiger partial charge on any atom is -0.554 e. The third-order valence-corrected chi connectivity index (χ3v) is 8.77. The lowest BCUT2D eigenvalue weighted by Gasteiger charge is -2.44. The summed E-state index contributed by atoms with van der Waals surface area (Å²) in [7, 11) is 1.99. The highest BCUT2D eigenvalue weighted by atomic mass is 32.1. The number of nitrogens with one attached hydrogen (secondary N) is 1. The van der Waals surface area contributed by atoms with E-state index in [0.29, 0.717) is 17.9 Å². The number of hydrogen-bond acceptors (Lipinski definition) is 5. The molecule has 2 unspecified atom stereocenters. The number of carbonyl (C=O) groups is 2. The van der Waals surface area contributed by atoms with Crippen molar-refractivity contribution in [3.63, 3.8) is 0 Å². The van der Waals surface area contributed by atoms with Gasteiger partial charge in [-0.3, -0.25) is 9.48 Å². The molecular weight excluding hydrogens is 436 g/mol. The SMILES string of the molecule is Cn1cc(C[N@H+]2CC[C@@H](c3cc(C(=O)N4CCCC5CCCCC54)cs3)CC2)cn1.O=C[O-]. The number of fused-ring (bicyclic) bond motifs is 1. The molecule has 0 bridgehead atoms. The first-order valence-corrected chi connectivity index (χ1v) is 13.2. The minimum atomic E-state index is -0.500. The Morgan fingerprint density at radius 3 is 2.67 bits per heavy atom. The standard InChI is InChI=1S/C24H34N4OS.CH2O2/c1-26-15-18(14-25-26)16-27-11-8-20(9-12-27)23-13-21(17-30-23)24(29)28-10-4-6-19-5-2-3-7-22(19)28;2-1-3/h13-15,17,19-20,22H,2-12,16H2,1H3;1H,(H,2,3). The van der Waals surface area contributed by atoms with E-state index in [0.717, 1.165) is 24.6 Å². The number of nitrogens with zero attached hydrogens (tertiary/aromatic N) is 3. The van der Waals surface area contributed by atoms with Crippen molar-refractivity contribution in [3.8, 4) is 0 Å². The van der Waals surface area contributed by atoms with Gasteiger partial charge in [0.05, 0.1) is 24.8 Å². The second kappa shape index (κ2) is 11.3. The molecule has 1 aliphatic carbocycles. The number of likely N-dealkylation sites (tertiary alicyclic amines) is 2. The van der Waals surface area contributed by atoms with E-state index in [1.807, 2.05) is 29.3 Å². The molecule has 4 heterocycles. The lowest BCUT2D eigenvalue weighted by Crippen LogP contribution is -3.11. The van der Waals surface area contributed by atoms with Crippen molar-refractivity contribution >= 4 is 23.7 Å². The van der Waals surface area contributed by atoms with Gasteiger partial charge in [-0.05, 0) is 37.7 Å². The predicted molar refractivity (Wildman–Crippen MR) is 126 cm³/mol. The Morgan fingerprint density at radius 2 is 1.94 bits per heavy atom. The van der Waals surface area contributed by atoms with Crippen LogP contribution < -0.4 is 10.0 Å². The van der Waals surface area contributed by atoms with Crippen LogP contribution in [0.25, 0.3) is 0 Å². The van der Waals surface area contributed by atoms with Gasteiger partial charge in [-0.1, -0.05) is 12.8 Å².